The van der Waals surface area contributed by atoms with Gasteiger partial charge in [0.1, 0.15) is 0 Å². The summed E-state index contributed by atoms with van der Waals surface area (Å²) in [6.07, 6.45) is 5.18. The highest BCUT2D eigenvalue weighted by atomic mass is 32.2. The van der Waals surface area contributed by atoms with Crippen molar-refractivity contribution in [2.24, 2.45) is 0 Å². The zero-order valence-electron chi connectivity index (χ0n) is 16.9. The maximum absolute atomic E-state index is 13.2. The zero-order chi connectivity index (χ0) is 20.5. The molecule has 2 heterocycles. The Morgan fingerprint density at radius 2 is 1.77 bits per heavy atom. The van der Waals surface area contributed by atoms with E-state index < -0.39 is 0 Å². The first-order valence-corrected chi connectivity index (χ1v) is 11.7. The van der Waals surface area contributed by atoms with Crippen LogP contribution in [-0.4, -0.2) is 32.7 Å². The summed E-state index contributed by atoms with van der Waals surface area (Å²) in [5, 5.41) is 1.34. The summed E-state index contributed by atoms with van der Waals surface area (Å²) in [5.74, 6) is 0.412. The number of hydrogen-bond acceptors (Lipinski definition) is 4. The van der Waals surface area contributed by atoms with Crippen molar-refractivity contribution in [1.82, 2.24) is 14.5 Å². The van der Waals surface area contributed by atoms with Crippen LogP contribution in [0.1, 0.15) is 42.9 Å². The first kappa shape index (κ1) is 19.4. The summed E-state index contributed by atoms with van der Waals surface area (Å²) in [5.41, 5.74) is 3.29. The minimum Gasteiger partial charge on any atom is -0.337 e. The van der Waals surface area contributed by atoms with Crippen LogP contribution in [0.4, 0.5) is 0 Å². The van der Waals surface area contributed by atoms with Crippen LogP contribution in [-0.2, 0) is 17.8 Å². The molecule has 0 atom stereocenters. The highest BCUT2D eigenvalue weighted by Crippen LogP contribution is 2.32. The van der Waals surface area contributed by atoms with Gasteiger partial charge in [0.25, 0.3) is 5.56 Å². The quantitative estimate of drug-likeness (QED) is 0.470. The van der Waals surface area contributed by atoms with Crippen molar-refractivity contribution in [3.05, 3.63) is 70.0 Å². The van der Waals surface area contributed by atoms with E-state index in [-0.39, 0.29) is 17.5 Å². The lowest BCUT2D eigenvalue weighted by atomic mass is 10.00. The van der Waals surface area contributed by atoms with Crippen LogP contribution >= 0.6 is 11.8 Å². The summed E-state index contributed by atoms with van der Waals surface area (Å²) in [4.78, 5) is 32.9. The van der Waals surface area contributed by atoms with Gasteiger partial charge in [-0.25, -0.2) is 4.98 Å². The third kappa shape index (κ3) is 3.65. The Bertz CT molecular complexity index is 1150. The molecule has 1 aromatic heterocycles. The fourth-order valence-corrected chi connectivity index (χ4v) is 5.61. The Balaban J connectivity index is 1.39. The number of nitrogens with zero attached hydrogens (tertiary/aromatic N) is 3. The van der Waals surface area contributed by atoms with E-state index in [0.717, 1.165) is 38.6 Å². The largest absolute Gasteiger partial charge is 0.337 e. The number of carbonyl (C=O) groups excluding carboxylic acids is 1. The topological polar surface area (TPSA) is 55.2 Å². The van der Waals surface area contributed by atoms with Crippen LogP contribution in [0.2, 0.25) is 0 Å². The molecular weight excluding hydrogens is 394 g/mol. The van der Waals surface area contributed by atoms with Crippen molar-refractivity contribution >= 4 is 28.6 Å². The number of carbonyl (C=O) groups is 1. The molecule has 2 aromatic carbocycles. The molecule has 0 unspecified atom stereocenters. The van der Waals surface area contributed by atoms with Crippen LogP contribution in [0.25, 0.3) is 10.9 Å². The molecule has 1 fully saturated rings. The summed E-state index contributed by atoms with van der Waals surface area (Å²) in [6.45, 7) is 1.41. The SMILES string of the molecule is O=C(CSc1nc2ccccc2c(=O)n1C1CCCC1)N1CCc2ccccc2C1. The molecule has 0 saturated heterocycles. The first-order chi connectivity index (χ1) is 14.7. The Labute approximate surface area is 180 Å². The van der Waals surface area contributed by atoms with Gasteiger partial charge in [0, 0.05) is 19.1 Å². The van der Waals surface area contributed by atoms with Crippen LogP contribution in [0.15, 0.2) is 58.5 Å². The first-order valence-electron chi connectivity index (χ1n) is 10.7. The third-order valence-corrected chi connectivity index (χ3v) is 7.21. The van der Waals surface area contributed by atoms with Gasteiger partial charge in [0.2, 0.25) is 5.91 Å². The van der Waals surface area contributed by atoms with Crippen LogP contribution < -0.4 is 5.56 Å². The second-order valence-corrected chi connectivity index (χ2v) is 9.09. The van der Waals surface area contributed by atoms with Gasteiger partial charge in [-0.3, -0.25) is 14.2 Å². The number of rotatable bonds is 4. The van der Waals surface area contributed by atoms with Crippen LogP contribution in [0.3, 0.4) is 0 Å². The second-order valence-electron chi connectivity index (χ2n) is 8.15. The maximum Gasteiger partial charge on any atom is 0.262 e. The van der Waals surface area contributed by atoms with E-state index in [1.165, 1.54) is 22.9 Å². The Morgan fingerprint density at radius 3 is 2.60 bits per heavy atom. The Kier molecular flexibility index (Phi) is 5.34. The molecule has 1 amide bonds. The lowest BCUT2D eigenvalue weighted by Crippen LogP contribution is -2.37. The van der Waals surface area contributed by atoms with Crippen molar-refractivity contribution < 1.29 is 4.79 Å². The molecule has 1 saturated carbocycles. The van der Waals surface area contributed by atoms with Crippen molar-refractivity contribution in [3.8, 4) is 0 Å². The van der Waals surface area contributed by atoms with Gasteiger partial charge in [-0.05, 0) is 42.5 Å². The van der Waals surface area contributed by atoms with Gasteiger partial charge in [-0.15, -0.1) is 0 Å². The standard InChI is InChI=1S/C24H25N3O2S/c28-22(26-14-13-17-7-1-2-8-18(17)15-26)16-30-24-25-21-12-6-5-11-20(21)23(29)27(24)19-9-3-4-10-19/h1-2,5-8,11-12,19H,3-4,9-10,13-16H2. The lowest BCUT2D eigenvalue weighted by Gasteiger charge is -2.29. The second kappa shape index (κ2) is 8.26. The average molecular weight is 420 g/mol. The van der Waals surface area contributed by atoms with Crippen LogP contribution in [0, 0.1) is 0 Å². The fraction of sp³-hybridized carbons (Fsp3) is 0.375. The molecule has 0 spiro atoms. The van der Waals surface area contributed by atoms with Gasteiger partial charge >= 0.3 is 0 Å². The van der Waals surface area contributed by atoms with E-state index in [9.17, 15) is 9.59 Å². The highest BCUT2D eigenvalue weighted by Gasteiger charge is 2.25. The van der Waals surface area contributed by atoms with Crippen molar-refractivity contribution in [2.45, 2.75) is 49.8 Å². The molecule has 5 rings (SSSR count). The van der Waals surface area contributed by atoms with Gasteiger partial charge in [-0.1, -0.05) is 61.0 Å². The molecule has 6 heteroatoms. The molecule has 1 aliphatic heterocycles. The van der Waals surface area contributed by atoms with Gasteiger partial charge < -0.3 is 4.90 Å². The van der Waals surface area contributed by atoms with E-state index in [1.807, 2.05) is 39.8 Å². The Hall–Kier alpha value is -2.60. The Morgan fingerprint density at radius 1 is 1.03 bits per heavy atom. The number of benzene rings is 2. The highest BCUT2D eigenvalue weighted by molar-refractivity contribution is 7.99. The molecule has 154 valence electrons. The van der Waals surface area contributed by atoms with Crippen molar-refractivity contribution in [3.63, 3.8) is 0 Å². The molecular formula is C24H25N3O2S. The predicted octanol–water partition coefficient (Wildman–Crippen LogP) is 4.19. The van der Waals surface area contributed by atoms with Crippen molar-refractivity contribution in [1.29, 1.82) is 0 Å². The smallest absolute Gasteiger partial charge is 0.262 e. The minimum absolute atomic E-state index is 0.0225. The molecule has 0 N–H and O–H groups in total. The predicted molar refractivity (Wildman–Crippen MR) is 120 cm³/mol. The van der Waals surface area contributed by atoms with Crippen molar-refractivity contribution in [2.75, 3.05) is 12.3 Å². The minimum atomic E-state index is 0.0225. The summed E-state index contributed by atoms with van der Waals surface area (Å²) >= 11 is 1.41. The fourth-order valence-electron chi connectivity index (χ4n) is 4.64. The normalized spacial score (nSPS) is 16.7. The van der Waals surface area contributed by atoms with Gasteiger partial charge in [0.15, 0.2) is 5.16 Å². The van der Waals surface area contributed by atoms with E-state index in [4.69, 9.17) is 4.98 Å². The lowest BCUT2D eigenvalue weighted by molar-refractivity contribution is -0.129. The summed E-state index contributed by atoms with van der Waals surface area (Å²) in [7, 11) is 0. The van der Waals surface area contributed by atoms with Crippen LogP contribution in [0.5, 0.6) is 0 Å². The summed E-state index contributed by atoms with van der Waals surface area (Å²) < 4.78 is 1.86. The average Bonchev–Trinajstić information content (AvgIpc) is 3.31. The zero-order valence-corrected chi connectivity index (χ0v) is 17.7. The van der Waals surface area contributed by atoms with E-state index in [0.29, 0.717) is 28.4 Å². The number of thioether (sulfide) groups is 1. The molecule has 2 aliphatic rings. The number of aromatic nitrogens is 2. The van der Waals surface area contributed by atoms with E-state index in [2.05, 4.69) is 18.2 Å². The maximum atomic E-state index is 13.2. The van der Waals surface area contributed by atoms with Gasteiger partial charge in [0.05, 0.1) is 16.7 Å². The molecule has 0 bridgehead atoms. The van der Waals surface area contributed by atoms with Gasteiger partial charge in [-0.2, -0.15) is 0 Å². The number of para-hydroxylation sites is 1. The number of hydrogen-bond donors (Lipinski definition) is 0. The molecule has 3 aromatic rings. The molecule has 0 radical (unpaired) electrons. The number of amides is 1. The van der Waals surface area contributed by atoms with E-state index >= 15 is 0 Å². The molecule has 5 nitrogen and oxygen atoms in total. The monoisotopic (exact) mass is 419 g/mol. The molecule has 1 aliphatic carbocycles. The number of fused-ring (bicyclic) bond motifs is 2. The molecule has 30 heavy (non-hydrogen) atoms. The van der Waals surface area contributed by atoms with E-state index in [1.54, 1.807) is 0 Å². The summed E-state index contributed by atoms with van der Waals surface area (Å²) in [6, 6.07) is 16.0. The third-order valence-electron chi connectivity index (χ3n) is 6.27.